The predicted octanol–water partition coefficient (Wildman–Crippen LogP) is 2.34. The SMILES string of the molecule is COC(=O)N(CCN1CCC[C@@H](NC(C)=O)C1)CC(O)CN1[C@H]2CC[C@H]1CC(NC(=O)c1cc3ccccc3n(C(C)C)c1=O)C2. The van der Waals surface area contributed by atoms with E-state index in [0.717, 1.165) is 62.5 Å². The predicted molar refractivity (Wildman–Crippen MR) is 176 cm³/mol. The van der Waals surface area contributed by atoms with Crippen molar-refractivity contribution in [3.05, 3.63) is 46.2 Å². The monoisotopic (exact) mass is 638 g/mol. The molecule has 0 saturated carbocycles. The number of aliphatic hydroxyl groups is 1. The van der Waals surface area contributed by atoms with Crippen LogP contribution in [-0.4, -0.2) is 119 Å². The molecule has 0 aliphatic carbocycles. The van der Waals surface area contributed by atoms with Crippen LogP contribution in [-0.2, 0) is 9.53 Å². The molecule has 4 heterocycles. The van der Waals surface area contributed by atoms with Gasteiger partial charge in [-0.05, 0) is 76.4 Å². The first-order valence-corrected chi connectivity index (χ1v) is 16.7. The maximum Gasteiger partial charge on any atom is 0.409 e. The zero-order valence-electron chi connectivity index (χ0n) is 27.6. The van der Waals surface area contributed by atoms with Crippen molar-refractivity contribution in [1.29, 1.82) is 0 Å². The molecule has 4 atom stereocenters. The molecule has 3 fully saturated rings. The van der Waals surface area contributed by atoms with Gasteiger partial charge in [0.25, 0.3) is 11.5 Å². The number of methoxy groups -OCH3 is 1. The third kappa shape index (κ3) is 7.90. The summed E-state index contributed by atoms with van der Waals surface area (Å²) < 4.78 is 6.72. The Morgan fingerprint density at radius 3 is 2.46 bits per heavy atom. The molecule has 5 rings (SSSR count). The van der Waals surface area contributed by atoms with Crippen molar-refractivity contribution in [2.75, 3.05) is 46.4 Å². The summed E-state index contributed by atoms with van der Waals surface area (Å²) in [6.07, 6.45) is 4.13. The van der Waals surface area contributed by atoms with Gasteiger partial charge in [-0.15, -0.1) is 0 Å². The lowest BCUT2D eigenvalue weighted by molar-refractivity contribution is -0.120. The Kier molecular flexibility index (Phi) is 11.0. The number of fused-ring (bicyclic) bond motifs is 3. The number of carbonyl (C=O) groups excluding carboxylic acids is 3. The fourth-order valence-electron chi connectivity index (χ4n) is 7.78. The molecule has 0 radical (unpaired) electrons. The fraction of sp³-hybridized carbons (Fsp3) is 0.647. The van der Waals surface area contributed by atoms with Crippen LogP contribution in [0.3, 0.4) is 0 Å². The number of hydrogen-bond donors (Lipinski definition) is 3. The number of benzene rings is 1. The van der Waals surface area contributed by atoms with Crippen LogP contribution < -0.4 is 16.2 Å². The lowest BCUT2D eigenvalue weighted by Crippen LogP contribution is -2.54. The summed E-state index contributed by atoms with van der Waals surface area (Å²) in [5, 5.41) is 18.2. The van der Waals surface area contributed by atoms with Gasteiger partial charge in [0.1, 0.15) is 5.56 Å². The zero-order valence-corrected chi connectivity index (χ0v) is 27.6. The van der Waals surface area contributed by atoms with E-state index in [9.17, 15) is 24.3 Å². The van der Waals surface area contributed by atoms with E-state index in [1.807, 2.05) is 38.1 Å². The molecule has 1 unspecified atom stereocenters. The van der Waals surface area contributed by atoms with Crippen molar-refractivity contribution in [2.24, 2.45) is 0 Å². The lowest BCUT2D eigenvalue weighted by Gasteiger charge is -2.40. The summed E-state index contributed by atoms with van der Waals surface area (Å²) in [5.74, 6) is -0.374. The Labute approximate surface area is 271 Å². The topological polar surface area (TPSA) is 136 Å². The summed E-state index contributed by atoms with van der Waals surface area (Å²) in [6, 6.07) is 9.70. The fourth-order valence-corrected chi connectivity index (χ4v) is 7.78. The number of amides is 3. The van der Waals surface area contributed by atoms with Gasteiger partial charge in [0.05, 0.1) is 25.3 Å². The van der Waals surface area contributed by atoms with Crippen molar-refractivity contribution in [3.63, 3.8) is 0 Å². The number of nitrogens with one attached hydrogen (secondary N) is 2. The van der Waals surface area contributed by atoms with Crippen LogP contribution in [0.1, 0.15) is 75.7 Å². The summed E-state index contributed by atoms with van der Waals surface area (Å²) in [5.41, 5.74) is 0.699. The lowest BCUT2D eigenvalue weighted by atomic mass is 9.96. The number of hydrogen-bond acceptors (Lipinski definition) is 8. The summed E-state index contributed by atoms with van der Waals surface area (Å²) in [6.45, 7) is 8.71. The van der Waals surface area contributed by atoms with Gasteiger partial charge in [-0.2, -0.15) is 0 Å². The van der Waals surface area contributed by atoms with Gasteiger partial charge in [-0.25, -0.2) is 4.79 Å². The van der Waals surface area contributed by atoms with Crippen LogP contribution in [0.2, 0.25) is 0 Å². The smallest absolute Gasteiger partial charge is 0.409 e. The average molecular weight is 639 g/mol. The summed E-state index contributed by atoms with van der Waals surface area (Å²) >= 11 is 0. The van der Waals surface area contributed by atoms with Crippen LogP contribution in [0.5, 0.6) is 0 Å². The van der Waals surface area contributed by atoms with Crippen LogP contribution in [0.4, 0.5) is 4.79 Å². The molecule has 1 aromatic carbocycles. The number of aliphatic hydroxyl groups excluding tert-OH is 1. The van der Waals surface area contributed by atoms with Gasteiger partial charge in [-0.1, -0.05) is 18.2 Å². The van der Waals surface area contributed by atoms with Crippen LogP contribution in [0.25, 0.3) is 10.9 Å². The first-order valence-electron chi connectivity index (χ1n) is 16.7. The van der Waals surface area contributed by atoms with E-state index in [4.69, 9.17) is 4.74 Å². The van der Waals surface area contributed by atoms with E-state index in [0.29, 0.717) is 19.6 Å². The van der Waals surface area contributed by atoms with Gasteiger partial charge in [0.2, 0.25) is 5.91 Å². The van der Waals surface area contributed by atoms with Gasteiger partial charge in [0.15, 0.2) is 0 Å². The molecular weight excluding hydrogens is 588 g/mol. The van der Waals surface area contributed by atoms with E-state index >= 15 is 0 Å². The van der Waals surface area contributed by atoms with E-state index < -0.39 is 12.2 Å². The number of aromatic nitrogens is 1. The van der Waals surface area contributed by atoms with E-state index in [2.05, 4.69) is 20.4 Å². The average Bonchev–Trinajstić information content (AvgIpc) is 3.23. The third-order valence-electron chi connectivity index (χ3n) is 9.81. The standard InChI is InChI=1S/C34H50N6O6/c1-22(2)40-31-10-6-5-8-24(31)16-30(33(40)44)32(43)36-26-17-27-11-12-28(18-26)39(27)21-29(42)20-38(34(45)46-4)15-14-37-13-7-9-25(19-37)35-23(3)41/h5-6,8,10,16,22,25-29,42H,7,9,11-15,17-21H2,1-4H3,(H,35,41)(H,36,43)/t25-,27+,28+,29?/m1/s1. The number of carbonyl (C=O) groups is 3. The molecule has 1 aromatic heterocycles. The Bertz CT molecular complexity index is 1450. The van der Waals surface area contributed by atoms with Crippen LogP contribution >= 0.6 is 0 Å². The van der Waals surface area contributed by atoms with Crippen molar-refractivity contribution in [3.8, 4) is 0 Å². The third-order valence-corrected chi connectivity index (χ3v) is 9.81. The number of pyridine rings is 1. The number of ether oxygens (including phenoxy) is 1. The number of nitrogens with zero attached hydrogens (tertiary/aromatic N) is 4. The van der Waals surface area contributed by atoms with E-state index in [1.54, 1.807) is 15.5 Å². The van der Waals surface area contributed by atoms with Gasteiger partial charge in [-0.3, -0.25) is 24.2 Å². The number of para-hydroxylation sites is 1. The number of rotatable bonds is 11. The molecule has 252 valence electrons. The molecule has 46 heavy (non-hydrogen) atoms. The minimum Gasteiger partial charge on any atom is -0.453 e. The summed E-state index contributed by atoms with van der Waals surface area (Å²) in [7, 11) is 1.35. The normalized spacial score (nSPS) is 24.1. The molecule has 12 heteroatoms. The van der Waals surface area contributed by atoms with Crippen molar-refractivity contribution in [1.82, 2.24) is 29.9 Å². The molecular formula is C34H50N6O6. The Balaban J connectivity index is 1.16. The maximum absolute atomic E-state index is 13.5. The van der Waals surface area contributed by atoms with Gasteiger partial charge < -0.3 is 29.9 Å². The Hall–Kier alpha value is -3.48. The minimum atomic E-state index is -0.756. The first-order chi connectivity index (χ1) is 22.0. The Morgan fingerprint density at radius 1 is 1.07 bits per heavy atom. The zero-order chi connectivity index (χ0) is 33.0. The second-order valence-corrected chi connectivity index (χ2v) is 13.5. The molecule has 12 nitrogen and oxygen atoms in total. The molecule has 2 bridgehead atoms. The summed E-state index contributed by atoms with van der Waals surface area (Å²) in [4.78, 5) is 57.1. The van der Waals surface area contributed by atoms with Crippen LogP contribution in [0.15, 0.2) is 35.1 Å². The van der Waals surface area contributed by atoms with Gasteiger partial charge in [0, 0.05) is 63.3 Å². The molecule has 3 aliphatic rings. The Morgan fingerprint density at radius 2 is 1.78 bits per heavy atom. The maximum atomic E-state index is 13.5. The molecule has 0 spiro atoms. The highest BCUT2D eigenvalue weighted by atomic mass is 16.5. The van der Waals surface area contributed by atoms with Crippen molar-refractivity contribution >= 4 is 28.8 Å². The van der Waals surface area contributed by atoms with Crippen molar-refractivity contribution in [2.45, 2.75) is 95.6 Å². The van der Waals surface area contributed by atoms with Gasteiger partial charge >= 0.3 is 6.09 Å². The second kappa shape index (κ2) is 15.0. The van der Waals surface area contributed by atoms with E-state index in [1.165, 1.54) is 14.0 Å². The molecule has 2 aromatic rings. The molecule has 3 saturated heterocycles. The minimum absolute atomic E-state index is 0.0348. The molecule has 3 N–H and O–H groups in total. The number of piperidine rings is 2. The largest absolute Gasteiger partial charge is 0.453 e. The van der Waals surface area contributed by atoms with Crippen molar-refractivity contribution < 1.29 is 24.2 Å². The van der Waals surface area contributed by atoms with E-state index in [-0.39, 0.29) is 59.7 Å². The second-order valence-electron chi connectivity index (χ2n) is 13.5. The molecule has 3 amide bonds. The number of likely N-dealkylation sites (tertiary alicyclic amines) is 1. The molecule has 3 aliphatic heterocycles. The quantitative estimate of drug-likeness (QED) is 0.341. The highest BCUT2D eigenvalue weighted by molar-refractivity contribution is 5.97. The first kappa shape index (κ1) is 33.9. The highest BCUT2D eigenvalue weighted by Gasteiger charge is 2.42. The highest BCUT2D eigenvalue weighted by Crippen LogP contribution is 2.36. The van der Waals surface area contributed by atoms with Crippen LogP contribution in [0, 0.1) is 0 Å².